The van der Waals surface area contributed by atoms with Crippen molar-refractivity contribution in [1.82, 2.24) is 0 Å². The van der Waals surface area contributed by atoms with E-state index in [4.69, 9.17) is 15.6 Å². The van der Waals surface area contributed by atoms with Gasteiger partial charge in [-0.05, 0) is 38.5 Å². The molecular formula is C12H17NO3. The van der Waals surface area contributed by atoms with Crippen LogP contribution in [0.1, 0.15) is 19.4 Å². The van der Waals surface area contributed by atoms with Gasteiger partial charge in [0.1, 0.15) is 12.4 Å². The summed E-state index contributed by atoms with van der Waals surface area (Å²) in [5, 5.41) is 8.93. The van der Waals surface area contributed by atoms with Crippen LogP contribution in [-0.4, -0.2) is 17.7 Å². The molecule has 0 fully saturated rings. The minimum Gasteiger partial charge on any atom is -0.490 e. The Labute approximate surface area is 95.0 Å². The summed E-state index contributed by atoms with van der Waals surface area (Å²) in [6.45, 7) is 5.24. The van der Waals surface area contributed by atoms with E-state index in [0.717, 1.165) is 5.56 Å². The van der Waals surface area contributed by atoms with Gasteiger partial charge in [0.05, 0.1) is 11.1 Å². The first-order chi connectivity index (χ1) is 7.33. The van der Waals surface area contributed by atoms with Crippen molar-refractivity contribution in [3.8, 4) is 5.75 Å². The molecule has 0 saturated heterocycles. The third kappa shape index (κ3) is 2.89. The summed E-state index contributed by atoms with van der Waals surface area (Å²) in [5.41, 5.74) is 6.35. The number of benzene rings is 1. The number of hydrogen-bond acceptors (Lipinski definition) is 3. The topological polar surface area (TPSA) is 72.5 Å². The van der Waals surface area contributed by atoms with Crippen LogP contribution in [0.5, 0.6) is 5.75 Å². The largest absolute Gasteiger partial charge is 0.490 e. The fourth-order valence-corrected chi connectivity index (χ4v) is 1.09. The SMILES string of the molecule is Cc1ccc(N)c(OCC(C)(C)C(=O)O)c1. The molecule has 0 spiro atoms. The molecule has 3 N–H and O–H groups in total. The van der Waals surface area contributed by atoms with Crippen LogP contribution in [0.3, 0.4) is 0 Å². The van der Waals surface area contributed by atoms with Crippen molar-refractivity contribution in [1.29, 1.82) is 0 Å². The lowest BCUT2D eigenvalue weighted by Crippen LogP contribution is -2.30. The third-order valence-corrected chi connectivity index (χ3v) is 2.34. The molecule has 0 aliphatic carbocycles. The molecule has 1 aromatic rings. The van der Waals surface area contributed by atoms with Gasteiger partial charge in [-0.1, -0.05) is 6.07 Å². The number of nitrogen functional groups attached to an aromatic ring is 1. The lowest BCUT2D eigenvalue weighted by Gasteiger charge is -2.20. The van der Waals surface area contributed by atoms with Crippen LogP contribution in [-0.2, 0) is 4.79 Å². The smallest absolute Gasteiger partial charge is 0.312 e. The molecule has 0 radical (unpaired) electrons. The van der Waals surface area contributed by atoms with Crippen molar-refractivity contribution in [2.24, 2.45) is 5.41 Å². The molecule has 0 atom stereocenters. The second-order valence-corrected chi connectivity index (χ2v) is 4.52. The number of anilines is 1. The maximum Gasteiger partial charge on any atom is 0.312 e. The van der Waals surface area contributed by atoms with E-state index in [-0.39, 0.29) is 6.61 Å². The standard InChI is InChI=1S/C12H17NO3/c1-8-4-5-9(13)10(6-8)16-7-12(2,3)11(14)15/h4-6H,7,13H2,1-3H3,(H,14,15). The Kier molecular flexibility index (Phi) is 3.42. The summed E-state index contributed by atoms with van der Waals surface area (Å²) < 4.78 is 5.44. The van der Waals surface area contributed by atoms with Crippen LogP contribution >= 0.6 is 0 Å². The second-order valence-electron chi connectivity index (χ2n) is 4.52. The monoisotopic (exact) mass is 223 g/mol. The van der Waals surface area contributed by atoms with Crippen LogP contribution in [0.4, 0.5) is 5.69 Å². The van der Waals surface area contributed by atoms with Crippen molar-refractivity contribution in [2.75, 3.05) is 12.3 Å². The number of carbonyl (C=O) groups is 1. The average Bonchev–Trinajstić information content (AvgIpc) is 2.19. The molecule has 4 nitrogen and oxygen atoms in total. The van der Waals surface area contributed by atoms with Crippen molar-refractivity contribution in [3.63, 3.8) is 0 Å². The summed E-state index contributed by atoms with van der Waals surface area (Å²) in [7, 11) is 0. The highest BCUT2D eigenvalue weighted by Gasteiger charge is 2.28. The zero-order chi connectivity index (χ0) is 12.3. The van der Waals surface area contributed by atoms with Gasteiger partial charge in [0.2, 0.25) is 0 Å². The summed E-state index contributed by atoms with van der Waals surface area (Å²) in [6.07, 6.45) is 0. The highest BCUT2D eigenvalue weighted by molar-refractivity contribution is 5.73. The Morgan fingerprint density at radius 2 is 2.12 bits per heavy atom. The molecule has 16 heavy (non-hydrogen) atoms. The fourth-order valence-electron chi connectivity index (χ4n) is 1.09. The number of aliphatic carboxylic acids is 1. The number of hydrogen-bond donors (Lipinski definition) is 2. The maximum atomic E-state index is 10.9. The zero-order valence-electron chi connectivity index (χ0n) is 9.78. The van der Waals surface area contributed by atoms with Gasteiger partial charge >= 0.3 is 5.97 Å². The molecule has 0 aliphatic rings. The van der Waals surface area contributed by atoms with Gasteiger partial charge in [0.25, 0.3) is 0 Å². The van der Waals surface area contributed by atoms with E-state index in [1.807, 2.05) is 13.0 Å². The fraction of sp³-hybridized carbons (Fsp3) is 0.417. The van der Waals surface area contributed by atoms with Crippen LogP contribution in [0.2, 0.25) is 0 Å². The van der Waals surface area contributed by atoms with Gasteiger partial charge in [-0.15, -0.1) is 0 Å². The van der Waals surface area contributed by atoms with Crippen LogP contribution in [0, 0.1) is 12.3 Å². The molecular weight excluding hydrogens is 206 g/mol. The van der Waals surface area contributed by atoms with E-state index < -0.39 is 11.4 Å². The molecule has 0 saturated carbocycles. The van der Waals surface area contributed by atoms with E-state index in [1.165, 1.54) is 0 Å². The number of rotatable bonds is 4. The minimum atomic E-state index is -0.920. The van der Waals surface area contributed by atoms with Crippen LogP contribution in [0.15, 0.2) is 18.2 Å². The van der Waals surface area contributed by atoms with Crippen molar-refractivity contribution in [2.45, 2.75) is 20.8 Å². The normalized spacial score (nSPS) is 11.2. The number of aryl methyl sites for hydroxylation is 1. The van der Waals surface area contributed by atoms with Gasteiger partial charge in [0.15, 0.2) is 0 Å². The summed E-state index contributed by atoms with van der Waals surface area (Å²) >= 11 is 0. The van der Waals surface area contributed by atoms with E-state index in [9.17, 15) is 4.79 Å². The number of carboxylic acids is 1. The number of nitrogens with two attached hydrogens (primary N) is 1. The Morgan fingerprint density at radius 3 is 2.69 bits per heavy atom. The van der Waals surface area contributed by atoms with E-state index >= 15 is 0 Å². The predicted molar refractivity (Wildman–Crippen MR) is 62.5 cm³/mol. The van der Waals surface area contributed by atoms with Crippen molar-refractivity contribution >= 4 is 11.7 Å². The molecule has 0 aliphatic heterocycles. The molecule has 1 aromatic carbocycles. The Morgan fingerprint density at radius 1 is 1.50 bits per heavy atom. The highest BCUT2D eigenvalue weighted by Crippen LogP contribution is 2.25. The first-order valence-electron chi connectivity index (χ1n) is 5.05. The third-order valence-electron chi connectivity index (χ3n) is 2.34. The van der Waals surface area contributed by atoms with Crippen molar-refractivity contribution < 1.29 is 14.6 Å². The van der Waals surface area contributed by atoms with Crippen LogP contribution in [0.25, 0.3) is 0 Å². The Balaban J connectivity index is 2.75. The van der Waals surface area contributed by atoms with E-state index in [2.05, 4.69) is 0 Å². The Hall–Kier alpha value is -1.71. The lowest BCUT2D eigenvalue weighted by atomic mass is 9.95. The quantitative estimate of drug-likeness (QED) is 0.766. The number of carboxylic acid groups (broad SMARTS) is 1. The highest BCUT2D eigenvalue weighted by atomic mass is 16.5. The molecule has 0 bridgehead atoms. The summed E-state index contributed by atoms with van der Waals surface area (Å²) in [6, 6.07) is 5.43. The van der Waals surface area contributed by atoms with E-state index in [0.29, 0.717) is 11.4 Å². The van der Waals surface area contributed by atoms with Gasteiger partial charge in [0, 0.05) is 0 Å². The first-order valence-corrected chi connectivity index (χ1v) is 5.05. The Bertz CT molecular complexity index is 399. The molecule has 0 heterocycles. The predicted octanol–water partition coefficient (Wildman–Crippen LogP) is 2.07. The van der Waals surface area contributed by atoms with Gasteiger partial charge in [-0.2, -0.15) is 0 Å². The van der Waals surface area contributed by atoms with Gasteiger partial charge in [-0.3, -0.25) is 4.79 Å². The maximum absolute atomic E-state index is 10.9. The summed E-state index contributed by atoms with van der Waals surface area (Å²) in [5.74, 6) is -0.354. The van der Waals surface area contributed by atoms with Crippen molar-refractivity contribution in [3.05, 3.63) is 23.8 Å². The number of ether oxygens (including phenoxy) is 1. The second kappa shape index (κ2) is 4.43. The minimum absolute atomic E-state index is 0.0932. The molecule has 0 amide bonds. The molecule has 0 aromatic heterocycles. The van der Waals surface area contributed by atoms with Crippen LogP contribution < -0.4 is 10.5 Å². The molecule has 88 valence electrons. The first kappa shape index (κ1) is 12.4. The summed E-state index contributed by atoms with van der Waals surface area (Å²) in [4.78, 5) is 10.9. The average molecular weight is 223 g/mol. The van der Waals surface area contributed by atoms with E-state index in [1.54, 1.807) is 26.0 Å². The molecule has 4 heteroatoms. The molecule has 1 rings (SSSR count). The van der Waals surface area contributed by atoms with Gasteiger partial charge < -0.3 is 15.6 Å². The molecule has 0 unspecified atom stereocenters. The van der Waals surface area contributed by atoms with Gasteiger partial charge in [-0.25, -0.2) is 0 Å². The zero-order valence-corrected chi connectivity index (χ0v) is 9.78. The lowest BCUT2D eigenvalue weighted by molar-refractivity contribution is -0.148.